The quantitative estimate of drug-likeness (QED) is 0.156. The first-order valence-corrected chi connectivity index (χ1v) is 17.5. The van der Waals surface area contributed by atoms with E-state index in [0.29, 0.717) is 17.2 Å². The lowest BCUT2D eigenvalue weighted by molar-refractivity contribution is -0.941. The number of hydrogen-bond donors (Lipinski definition) is 3. The Bertz CT molecular complexity index is 1800. The minimum atomic E-state index is -0.367. The summed E-state index contributed by atoms with van der Waals surface area (Å²) in [7, 11) is 4.00. The van der Waals surface area contributed by atoms with Crippen molar-refractivity contribution in [1.29, 1.82) is 0 Å². The summed E-state index contributed by atoms with van der Waals surface area (Å²) in [6, 6.07) is 10.4. The van der Waals surface area contributed by atoms with Crippen molar-refractivity contribution in [2.75, 3.05) is 58.6 Å². The number of nitrogens with one attached hydrogen (secondary N) is 1. The first kappa shape index (κ1) is 30.7. The third-order valence-corrected chi connectivity index (χ3v) is 12.6. The van der Waals surface area contributed by atoms with E-state index < -0.39 is 0 Å². The molecular weight excluding hydrogens is 616 g/mol. The van der Waals surface area contributed by atoms with E-state index in [1.807, 2.05) is 43.8 Å². The van der Waals surface area contributed by atoms with E-state index in [9.17, 15) is 9.90 Å². The lowest BCUT2D eigenvalue weighted by Crippen LogP contribution is -2.61. The Morgan fingerprint density at radius 2 is 1.91 bits per heavy atom. The van der Waals surface area contributed by atoms with Crippen molar-refractivity contribution in [2.45, 2.75) is 56.6 Å². The predicted octanol–water partition coefficient (Wildman–Crippen LogP) is 4.86. The highest BCUT2D eigenvalue weighted by Crippen LogP contribution is 2.62. The number of piperazine rings is 1. The molecule has 2 fully saturated rings. The van der Waals surface area contributed by atoms with Gasteiger partial charge in [-0.3, -0.25) is 9.69 Å². The molecule has 9 rings (SSSR count). The molecule has 0 radical (unpaired) electrons. The van der Waals surface area contributed by atoms with Crippen LogP contribution in [0, 0.1) is 13.8 Å². The van der Waals surface area contributed by atoms with Crippen molar-refractivity contribution >= 4 is 23.4 Å². The highest BCUT2D eigenvalue weighted by molar-refractivity contribution is 7.99. The first-order valence-electron chi connectivity index (χ1n) is 16.4. The smallest absolute Gasteiger partial charge is 0.308 e. The number of hydrogen-bond acceptors (Lipinski definition) is 10. The van der Waals surface area contributed by atoms with Gasteiger partial charge in [0.2, 0.25) is 6.79 Å². The Morgan fingerprint density at radius 1 is 1.13 bits per heavy atom. The van der Waals surface area contributed by atoms with Crippen molar-refractivity contribution < 1.29 is 33.3 Å². The molecule has 11 heteroatoms. The number of aromatic hydroxyl groups is 1. The summed E-state index contributed by atoms with van der Waals surface area (Å²) >= 11 is 1.91. The van der Waals surface area contributed by atoms with Gasteiger partial charge in [0.15, 0.2) is 23.0 Å². The number of carbonyl (C=O) groups excluding carboxylic acids is 1. The molecule has 6 atom stereocenters. The van der Waals surface area contributed by atoms with Crippen LogP contribution in [-0.2, 0) is 11.2 Å². The second kappa shape index (κ2) is 11.2. The zero-order valence-electron chi connectivity index (χ0n) is 27.6. The minimum absolute atomic E-state index is 0.0581. The van der Waals surface area contributed by atoms with Crippen LogP contribution in [0.1, 0.15) is 69.2 Å². The number of benzene rings is 3. The molecule has 6 heterocycles. The van der Waals surface area contributed by atoms with Crippen LogP contribution in [0.5, 0.6) is 28.7 Å². The number of likely N-dealkylation sites (N-methyl/N-ethyl adjacent to an activating group) is 1. The standard InChI is InChI=1S/C36H42N4O6S/c1-18-6-8-24(31(42)32(18)43-5)29-30-36-28-27(35-34(44-17-45-35)19(2)33(28)46-20(3)41)25(39(30)12-11-38-29)15-40(4)13-10-21-14-22(37)7-9-23(21)26(40)16-47-36/h6-9,14,25-26,29-30,36,38H,10-13,15-17,37H2,1-5H3/p+1. The van der Waals surface area contributed by atoms with Crippen molar-refractivity contribution in [2.24, 2.45) is 0 Å². The van der Waals surface area contributed by atoms with Crippen molar-refractivity contribution in [3.63, 3.8) is 0 Å². The number of nitrogen functional groups attached to an aromatic ring is 1. The SMILES string of the molecule is COc1c(C)ccc(C2NCCN3C4C[N+]5(C)CCc6cc(N)ccc6C5CSC(c5c(OC(C)=O)c(C)c6c(c54)OCO6)C23)c1O. The number of rotatable bonds is 3. The molecular formula is C36H43N4O6S+. The fourth-order valence-corrected chi connectivity index (χ4v) is 10.9. The molecule has 0 aromatic heterocycles. The molecule has 10 nitrogen and oxygen atoms in total. The van der Waals surface area contributed by atoms with Crippen LogP contribution in [-0.4, -0.2) is 79.4 Å². The molecule has 47 heavy (non-hydrogen) atoms. The topological polar surface area (TPSA) is 116 Å². The van der Waals surface area contributed by atoms with Crippen LogP contribution in [0.3, 0.4) is 0 Å². The minimum Gasteiger partial charge on any atom is -0.504 e. The van der Waals surface area contributed by atoms with Gasteiger partial charge in [-0.15, -0.1) is 11.8 Å². The number of thioether (sulfide) groups is 1. The number of anilines is 1. The molecule has 2 bridgehead atoms. The number of quaternary nitrogens is 1. The maximum absolute atomic E-state index is 12.7. The average molecular weight is 660 g/mol. The summed E-state index contributed by atoms with van der Waals surface area (Å²) in [4.78, 5) is 15.4. The lowest BCUT2D eigenvalue weighted by Gasteiger charge is -2.54. The largest absolute Gasteiger partial charge is 0.504 e. The normalized spacial score (nSPS) is 29.0. The van der Waals surface area contributed by atoms with E-state index in [-0.39, 0.29) is 47.9 Å². The van der Waals surface area contributed by atoms with Gasteiger partial charge in [0.1, 0.15) is 11.8 Å². The molecule has 6 aliphatic heterocycles. The van der Waals surface area contributed by atoms with Crippen LogP contribution in [0.2, 0.25) is 0 Å². The molecule has 3 aromatic carbocycles. The molecule has 2 saturated heterocycles. The number of carbonyl (C=O) groups is 1. The number of nitrogens with two attached hydrogens (primary N) is 1. The van der Waals surface area contributed by atoms with Crippen LogP contribution in [0.4, 0.5) is 5.69 Å². The van der Waals surface area contributed by atoms with Crippen LogP contribution in [0.25, 0.3) is 0 Å². The molecule has 6 aliphatic rings. The molecule has 6 unspecified atom stereocenters. The molecule has 0 aliphatic carbocycles. The zero-order chi connectivity index (χ0) is 32.8. The summed E-state index contributed by atoms with van der Waals surface area (Å²) in [5, 5.41) is 15.3. The summed E-state index contributed by atoms with van der Waals surface area (Å²) < 4.78 is 25.1. The summed E-state index contributed by atoms with van der Waals surface area (Å²) in [6.45, 7) is 8.87. The fraction of sp³-hybridized carbons (Fsp3) is 0.472. The average Bonchev–Trinajstić information content (AvgIpc) is 3.56. The summed E-state index contributed by atoms with van der Waals surface area (Å²) in [6.07, 6.45) is 0.954. The fourth-order valence-electron chi connectivity index (χ4n) is 9.04. The number of aryl methyl sites for hydroxylation is 1. The Hall–Kier alpha value is -3.64. The van der Waals surface area contributed by atoms with Gasteiger partial charge in [-0.2, -0.15) is 0 Å². The number of ether oxygens (including phenoxy) is 4. The number of nitrogens with zero attached hydrogens (tertiary/aromatic N) is 2. The highest BCUT2D eigenvalue weighted by Gasteiger charge is 2.56. The number of methoxy groups -OCH3 is 1. The van der Waals surface area contributed by atoms with E-state index >= 15 is 0 Å². The third kappa shape index (κ3) is 4.61. The molecule has 0 spiro atoms. The van der Waals surface area contributed by atoms with Gasteiger partial charge >= 0.3 is 5.97 Å². The number of fused-ring (bicyclic) bond motifs is 3. The molecule has 3 aromatic rings. The van der Waals surface area contributed by atoms with Gasteiger partial charge in [0.05, 0.1) is 50.3 Å². The lowest BCUT2D eigenvalue weighted by atomic mass is 9.78. The Kier molecular flexibility index (Phi) is 7.32. The van der Waals surface area contributed by atoms with E-state index in [2.05, 4.69) is 29.4 Å². The highest BCUT2D eigenvalue weighted by atomic mass is 32.2. The van der Waals surface area contributed by atoms with Gasteiger partial charge in [-0.1, -0.05) is 18.2 Å². The summed E-state index contributed by atoms with van der Waals surface area (Å²) in [5.74, 6) is 3.16. The van der Waals surface area contributed by atoms with Gasteiger partial charge in [-0.05, 0) is 37.1 Å². The van der Waals surface area contributed by atoms with Crippen molar-refractivity contribution in [3.05, 3.63) is 69.3 Å². The van der Waals surface area contributed by atoms with E-state index in [1.165, 1.54) is 18.1 Å². The number of esters is 1. The maximum Gasteiger partial charge on any atom is 0.308 e. The van der Waals surface area contributed by atoms with Crippen molar-refractivity contribution in [1.82, 2.24) is 10.2 Å². The van der Waals surface area contributed by atoms with Crippen LogP contribution in [0.15, 0.2) is 30.3 Å². The third-order valence-electron chi connectivity index (χ3n) is 11.2. The van der Waals surface area contributed by atoms with Gasteiger partial charge in [0, 0.05) is 66.0 Å². The second-order valence-corrected chi connectivity index (χ2v) is 15.0. The molecule has 0 saturated carbocycles. The zero-order valence-corrected chi connectivity index (χ0v) is 28.4. The maximum atomic E-state index is 12.7. The van der Waals surface area contributed by atoms with E-state index in [1.54, 1.807) is 7.11 Å². The van der Waals surface area contributed by atoms with Gasteiger partial charge in [0.25, 0.3) is 0 Å². The second-order valence-electron chi connectivity index (χ2n) is 13.8. The molecule has 248 valence electrons. The van der Waals surface area contributed by atoms with Gasteiger partial charge < -0.3 is 39.6 Å². The summed E-state index contributed by atoms with van der Waals surface area (Å²) in [5.41, 5.74) is 14.3. The Morgan fingerprint density at radius 3 is 2.70 bits per heavy atom. The Labute approximate surface area is 279 Å². The van der Waals surface area contributed by atoms with Crippen molar-refractivity contribution in [3.8, 4) is 28.7 Å². The van der Waals surface area contributed by atoms with Crippen LogP contribution < -0.4 is 30.0 Å². The van der Waals surface area contributed by atoms with E-state index in [0.717, 1.165) is 82.1 Å². The number of phenolic OH excluding ortho intramolecular Hbond substituents is 1. The van der Waals surface area contributed by atoms with Gasteiger partial charge in [-0.25, -0.2) is 0 Å². The van der Waals surface area contributed by atoms with Crippen LogP contribution >= 0.6 is 11.8 Å². The number of phenols is 1. The van der Waals surface area contributed by atoms with E-state index in [4.69, 9.17) is 24.7 Å². The predicted molar refractivity (Wildman–Crippen MR) is 180 cm³/mol. The monoisotopic (exact) mass is 659 g/mol. The molecule has 4 N–H and O–H groups in total. The first-order chi connectivity index (χ1) is 22.6. The molecule has 0 amide bonds. The Balaban J connectivity index is 1.38.